The maximum Gasteiger partial charge on any atom is 0.161 e. The molecule has 4 heteroatoms. The number of hydrogen-bond acceptors (Lipinski definition) is 4. The molecule has 0 unspecified atom stereocenters. The van der Waals surface area contributed by atoms with E-state index in [0.717, 1.165) is 30.9 Å². The van der Waals surface area contributed by atoms with Crippen molar-refractivity contribution in [1.82, 2.24) is 4.90 Å². The van der Waals surface area contributed by atoms with Gasteiger partial charge in [0.25, 0.3) is 0 Å². The zero-order valence-corrected chi connectivity index (χ0v) is 13.9. The number of ether oxygens (including phenoxy) is 2. The minimum absolute atomic E-state index is 0.295. The van der Waals surface area contributed by atoms with Crippen molar-refractivity contribution < 1.29 is 14.6 Å². The van der Waals surface area contributed by atoms with Crippen LogP contribution in [0.1, 0.15) is 22.7 Å². The highest BCUT2D eigenvalue weighted by molar-refractivity contribution is 5.49. The molecular formula is C19H23NO3. The summed E-state index contributed by atoms with van der Waals surface area (Å²) >= 11 is 0. The van der Waals surface area contributed by atoms with E-state index in [1.807, 2.05) is 12.1 Å². The molecule has 23 heavy (non-hydrogen) atoms. The first-order valence-corrected chi connectivity index (χ1v) is 7.85. The van der Waals surface area contributed by atoms with Crippen molar-refractivity contribution in [1.29, 1.82) is 0 Å². The average molecular weight is 313 g/mol. The molecule has 0 aliphatic carbocycles. The predicted octanol–water partition coefficient (Wildman–Crippen LogP) is 3.18. The first-order chi connectivity index (χ1) is 11.1. The number of aromatic hydroxyl groups is 1. The maximum atomic E-state index is 9.46. The monoisotopic (exact) mass is 313 g/mol. The van der Waals surface area contributed by atoms with Gasteiger partial charge in [-0.25, -0.2) is 0 Å². The Labute approximate surface area is 137 Å². The van der Waals surface area contributed by atoms with Crippen LogP contribution in [-0.2, 0) is 12.8 Å². The van der Waals surface area contributed by atoms with Gasteiger partial charge < -0.3 is 14.6 Å². The number of benzene rings is 2. The van der Waals surface area contributed by atoms with E-state index in [4.69, 9.17) is 9.47 Å². The average Bonchev–Trinajstić information content (AvgIpc) is 2.58. The van der Waals surface area contributed by atoms with Crippen molar-refractivity contribution in [2.75, 3.05) is 27.8 Å². The fourth-order valence-electron chi connectivity index (χ4n) is 3.27. The lowest BCUT2D eigenvalue weighted by Gasteiger charge is -2.35. The van der Waals surface area contributed by atoms with Crippen LogP contribution in [0.4, 0.5) is 0 Å². The molecule has 122 valence electrons. The van der Waals surface area contributed by atoms with E-state index in [-0.39, 0.29) is 0 Å². The highest BCUT2D eigenvalue weighted by Crippen LogP contribution is 2.38. The standard InChI is InChI=1S/C19H23NO3/c1-20-9-8-14-11-18(22-2)19(23-3)12-16(14)17(20)10-13-4-6-15(21)7-5-13/h4-7,11-12,17,21H,8-10H2,1-3H3/t17-/m1/s1. The number of hydrogen-bond donors (Lipinski definition) is 1. The lowest BCUT2D eigenvalue weighted by Crippen LogP contribution is -2.33. The second-order valence-corrected chi connectivity index (χ2v) is 6.02. The van der Waals surface area contributed by atoms with E-state index in [1.54, 1.807) is 26.4 Å². The van der Waals surface area contributed by atoms with Gasteiger partial charge in [-0.05, 0) is 60.8 Å². The van der Waals surface area contributed by atoms with E-state index in [1.165, 1.54) is 16.7 Å². The summed E-state index contributed by atoms with van der Waals surface area (Å²) < 4.78 is 10.9. The Balaban J connectivity index is 1.96. The van der Waals surface area contributed by atoms with Crippen molar-refractivity contribution in [2.45, 2.75) is 18.9 Å². The SMILES string of the molecule is COc1cc2c(cc1OC)[C@@H](Cc1ccc(O)cc1)N(C)CC2. The van der Waals surface area contributed by atoms with Crippen LogP contribution in [0.3, 0.4) is 0 Å². The first-order valence-electron chi connectivity index (χ1n) is 7.85. The molecule has 0 radical (unpaired) electrons. The Morgan fingerprint density at radius 2 is 1.74 bits per heavy atom. The molecule has 3 rings (SSSR count). The molecule has 0 aromatic heterocycles. The van der Waals surface area contributed by atoms with E-state index in [0.29, 0.717) is 11.8 Å². The number of phenols is 1. The quantitative estimate of drug-likeness (QED) is 0.941. The van der Waals surface area contributed by atoms with Crippen molar-refractivity contribution in [3.63, 3.8) is 0 Å². The molecule has 0 fully saturated rings. The molecule has 1 heterocycles. The largest absolute Gasteiger partial charge is 0.508 e. The third-order valence-electron chi connectivity index (χ3n) is 4.64. The second-order valence-electron chi connectivity index (χ2n) is 6.02. The van der Waals surface area contributed by atoms with Crippen molar-refractivity contribution in [3.05, 3.63) is 53.1 Å². The third-order valence-corrected chi connectivity index (χ3v) is 4.64. The van der Waals surface area contributed by atoms with Crippen LogP contribution in [0.5, 0.6) is 17.2 Å². The summed E-state index contributed by atoms with van der Waals surface area (Å²) in [4.78, 5) is 2.38. The highest BCUT2D eigenvalue weighted by Gasteiger charge is 2.27. The van der Waals surface area contributed by atoms with Crippen LogP contribution in [-0.4, -0.2) is 37.8 Å². The van der Waals surface area contributed by atoms with Gasteiger partial charge >= 0.3 is 0 Å². The molecular weight excluding hydrogens is 290 g/mol. The molecule has 4 nitrogen and oxygen atoms in total. The highest BCUT2D eigenvalue weighted by atomic mass is 16.5. The first kappa shape index (κ1) is 15.7. The number of likely N-dealkylation sites (N-methyl/N-ethyl adjacent to an activating group) is 1. The minimum Gasteiger partial charge on any atom is -0.508 e. The van der Waals surface area contributed by atoms with Gasteiger partial charge in [0.15, 0.2) is 11.5 Å². The number of methoxy groups -OCH3 is 2. The van der Waals surface area contributed by atoms with Crippen LogP contribution in [0.25, 0.3) is 0 Å². The fourth-order valence-corrected chi connectivity index (χ4v) is 3.27. The number of nitrogens with zero attached hydrogens (tertiary/aromatic N) is 1. The zero-order chi connectivity index (χ0) is 16.4. The summed E-state index contributed by atoms with van der Waals surface area (Å²) in [6.45, 7) is 1.02. The van der Waals surface area contributed by atoms with Gasteiger partial charge in [-0.15, -0.1) is 0 Å². The van der Waals surface area contributed by atoms with Gasteiger partial charge in [0, 0.05) is 12.6 Å². The van der Waals surface area contributed by atoms with E-state index in [9.17, 15) is 5.11 Å². The summed E-state index contributed by atoms with van der Waals surface area (Å²) in [5.41, 5.74) is 3.83. The van der Waals surface area contributed by atoms with Gasteiger partial charge in [0.1, 0.15) is 5.75 Å². The Kier molecular flexibility index (Phi) is 4.44. The summed E-state index contributed by atoms with van der Waals surface area (Å²) in [6, 6.07) is 12.0. The van der Waals surface area contributed by atoms with Crippen molar-refractivity contribution in [2.24, 2.45) is 0 Å². The summed E-state index contributed by atoms with van der Waals surface area (Å²) in [5.74, 6) is 1.87. The van der Waals surface area contributed by atoms with Crippen LogP contribution in [0.15, 0.2) is 36.4 Å². The minimum atomic E-state index is 0.295. The zero-order valence-electron chi connectivity index (χ0n) is 13.9. The summed E-state index contributed by atoms with van der Waals surface area (Å²) in [7, 11) is 5.50. The normalized spacial score (nSPS) is 17.6. The van der Waals surface area contributed by atoms with Gasteiger partial charge in [-0.1, -0.05) is 12.1 Å². The van der Waals surface area contributed by atoms with E-state index >= 15 is 0 Å². The van der Waals surface area contributed by atoms with Crippen molar-refractivity contribution in [3.8, 4) is 17.2 Å². The molecule has 1 N–H and O–H groups in total. The Morgan fingerprint density at radius 3 is 2.39 bits per heavy atom. The van der Waals surface area contributed by atoms with Crippen LogP contribution in [0, 0.1) is 0 Å². The van der Waals surface area contributed by atoms with Crippen LogP contribution in [0.2, 0.25) is 0 Å². The van der Waals surface area contributed by atoms with E-state index in [2.05, 4.69) is 24.1 Å². The smallest absolute Gasteiger partial charge is 0.161 e. The second kappa shape index (κ2) is 6.50. The number of rotatable bonds is 4. The molecule has 2 aromatic rings. The molecule has 1 atom stereocenters. The molecule has 2 aromatic carbocycles. The molecule has 0 spiro atoms. The fraction of sp³-hybridized carbons (Fsp3) is 0.368. The lowest BCUT2D eigenvalue weighted by molar-refractivity contribution is 0.228. The van der Waals surface area contributed by atoms with Crippen molar-refractivity contribution >= 4 is 0 Å². The van der Waals surface area contributed by atoms with Crippen LogP contribution < -0.4 is 9.47 Å². The summed E-state index contributed by atoms with van der Waals surface area (Å²) in [5, 5.41) is 9.46. The molecule has 1 aliphatic rings. The van der Waals surface area contributed by atoms with E-state index < -0.39 is 0 Å². The summed E-state index contributed by atoms with van der Waals surface area (Å²) in [6.07, 6.45) is 1.91. The van der Waals surface area contributed by atoms with Gasteiger partial charge in [-0.2, -0.15) is 0 Å². The Hall–Kier alpha value is -2.20. The maximum absolute atomic E-state index is 9.46. The molecule has 0 saturated carbocycles. The predicted molar refractivity (Wildman–Crippen MR) is 90.4 cm³/mol. The number of phenolic OH excluding ortho intramolecular Hbond substituents is 1. The lowest BCUT2D eigenvalue weighted by atomic mass is 9.88. The Morgan fingerprint density at radius 1 is 1.09 bits per heavy atom. The van der Waals surface area contributed by atoms with Gasteiger partial charge in [-0.3, -0.25) is 4.90 Å². The van der Waals surface area contributed by atoms with Gasteiger partial charge in [0.05, 0.1) is 14.2 Å². The molecule has 0 bridgehead atoms. The van der Waals surface area contributed by atoms with Crippen LogP contribution >= 0.6 is 0 Å². The topological polar surface area (TPSA) is 41.9 Å². The molecule has 0 saturated heterocycles. The molecule has 0 amide bonds. The number of fused-ring (bicyclic) bond motifs is 1. The Bertz CT molecular complexity index is 682. The molecule has 1 aliphatic heterocycles. The van der Waals surface area contributed by atoms with Gasteiger partial charge in [0.2, 0.25) is 0 Å². The third kappa shape index (κ3) is 3.13.